The number of carbonyl (C=O) groups excluding carboxylic acids is 3. The number of aliphatic imine (C=N–C) groups is 1. The van der Waals surface area contributed by atoms with Crippen LogP contribution >= 0.6 is 0 Å². The zero-order valence-corrected chi connectivity index (χ0v) is 23.0. The van der Waals surface area contributed by atoms with Crippen LogP contribution in [0.1, 0.15) is 70.4 Å². The van der Waals surface area contributed by atoms with Gasteiger partial charge < -0.3 is 15.1 Å². The van der Waals surface area contributed by atoms with Gasteiger partial charge in [0.05, 0.1) is 11.6 Å². The number of fused-ring (bicyclic) bond motifs is 1. The molecule has 3 heterocycles. The van der Waals surface area contributed by atoms with E-state index < -0.39 is 0 Å². The van der Waals surface area contributed by atoms with Crippen molar-refractivity contribution in [3.05, 3.63) is 47.0 Å². The second-order valence-electron chi connectivity index (χ2n) is 11.8. The Morgan fingerprint density at radius 2 is 1.68 bits per heavy atom. The second kappa shape index (κ2) is 11.9. The van der Waals surface area contributed by atoms with Gasteiger partial charge in [0.2, 0.25) is 5.91 Å². The van der Waals surface area contributed by atoms with Gasteiger partial charge in [0.25, 0.3) is 5.91 Å². The number of dihydropyridines is 1. The summed E-state index contributed by atoms with van der Waals surface area (Å²) in [4.78, 5) is 47.1. The molecule has 5 rings (SSSR count). The van der Waals surface area contributed by atoms with E-state index in [2.05, 4.69) is 27.3 Å². The van der Waals surface area contributed by atoms with Crippen LogP contribution in [-0.4, -0.2) is 72.4 Å². The molecule has 204 valence electrons. The van der Waals surface area contributed by atoms with Crippen molar-refractivity contribution >= 4 is 23.3 Å². The molecule has 7 heteroatoms. The number of hydrogen-bond donors (Lipinski definition) is 1. The summed E-state index contributed by atoms with van der Waals surface area (Å²) in [6.07, 6.45) is 7.70. The Morgan fingerprint density at radius 3 is 2.37 bits per heavy atom. The number of carbonyl (C=O) groups is 3. The number of amides is 2. The monoisotopic (exact) mass is 518 g/mol. The van der Waals surface area contributed by atoms with E-state index in [1.807, 2.05) is 30.0 Å². The maximum atomic E-state index is 13.3. The zero-order valence-electron chi connectivity index (χ0n) is 23.0. The van der Waals surface area contributed by atoms with Crippen molar-refractivity contribution in [1.82, 2.24) is 15.1 Å². The second-order valence-corrected chi connectivity index (χ2v) is 11.8. The van der Waals surface area contributed by atoms with Crippen molar-refractivity contribution in [2.75, 3.05) is 39.3 Å². The molecule has 1 aromatic carbocycles. The molecule has 1 N–H and O–H groups in total. The normalized spacial score (nSPS) is 25.4. The first-order valence-corrected chi connectivity index (χ1v) is 14.5. The van der Waals surface area contributed by atoms with E-state index in [1.54, 1.807) is 6.92 Å². The first-order valence-electron chi connectivity index (χ1n) is 14.5. The molecule has 2 amide bonds. The molecule has 1 aliphatic carbocycles. The van der Waals surface area contributed by atoms with E-state index in [0.29, 0.717) is 41.0 Å². The minimum Gasteiger partial charge on any atom is -0.349 e. The van der Waals surface area contributed by atoms with Crippen molar-refractivity contribution in [3.63, 3.8) is 0 Å². The van der Waals surface area contributed by atoms with Gasteiger partial charge >= 0.3 is 0 Å². The van der Waals surface area contributed by atoms with Crippen molar-refractivity contribution in [2.24, 2.45) is 22.7 Å². The first-order chi connectivity index (χ1) is 18.4. The smallest absolute Gasteiger partial charge is 0.256 e. The number of nitrogens with zero attached hydrogens (tertiary/aromatic N) is 3. The molecule has 38 heavy (non-hydrogen) atoms. The Morgan fingerprint density at radius 1 is 1.00 bits per heavy atom. The van der Waals surface area contributed by atoms with Gasteiger partial charge in [0.1, 0.15) is 6.54 Å². The van der Waals surface area contributed by atoms with Gasteiger partial charge in [-0.15, -0.1) is 0 Å². The van der Waals surface area contributed by atoms with Crippen molar-refractivity contribution < 1.29 is 14.4 Å². The Bertz CT molecular complexity index is 1090. The summed E-state index contributed by atoms with van der Waals surface area (Å²) in [6, 6.07) is 10.4. The van der Waals surface area contributed by atoms with Crippen LogP contribution in [0, 0.1) is 17.8 Å². The lowest BCUT2D eigenvalue weighted by molar-refractivity contribution is -0.126. The van der Waals surface area contributed by atoms with Gasteiger partial charge in [0.15, 0.2) is 5.78 Å². The van der Waals surface area contributed by atoms with Gasteiger partial charge in [-0.05, 0) is 56.4 Å². The van der Waals surface area contributed by atoms with E-state index in [-0.39, 0.29) is 30.2 Å². The minimum atomic E-state index is -0.0525. The maximum absolute atomic E-state index is 13.3. The third kappa shape index (κ3) is 6.09. The average Bonchev–Trinajstić information content (AvgIpc) is 3.49. The zero-order chi connectivity index (χ0) is 26.6. The molecule has 3 aliphatic heterocycles. The number of benzene rings is 1. The summed E-state index contributed by atoms with van der Waals surface area (Å²) in [6.45, 7) is 8.07. The number of rotatable bonds is 8. The Hall–Kier alpha value is -2.80. The molecule has 0 bridgehead atoms. The summed E-state index contributed by atoms with van der Waals surface area (Å²) >= 11 is 0. The lowest BCUT2D eigenvalue weighted by Crippen LogP contribution is -2.38. The lowest BCUT2D eigenvalue weighted by atomic mass is 9.86. The molecule has 2 unspecified atom stereocenters. The maximum Gasteiger partial charge on any atom is 0.256 e. The van der Waals surface area contributed by atoms with Gasteiger partial charge in [-0.3, -0.25) is 19.4 Å². The lowest BCUT2D eigenvalue weighted by Gasteiger charge is -2.27. The molecule has 3 atom stereocenters. The Kier molecular flexibility index (Phi) is 8.42. The number of Topliss-reactive ketones (excluding diaryl/α,β-unsaturated/α-hetero) is 1. The number of nitrogens with one attached hydrogen (secondary N) is 1. The predicted octanol–water partition coefficient (Wildman–Crippen LogP) is 3.95. The molecule has 0 radical (unpaired) electrons. The van der Waals surface area contributed by atoms with Crippen molar-refractivity contribution in [2.45, 2.75) is 64.8 Å². The van der Waals surface area contributed by atoms with Gasteiger partial charge in [-0.25, -0.2) is 0 Å². The molecule has 1 aromatic rings. The third-order valence-electron chi connectivity index (χ3n) is 9.15. The van der Waals surface area contributed by atoms with Crippen LogP contribution in [-0.2, 0) is 14.4 Å². The summed E-state index contributed by atoms with van der Waals surface area (Å²) in [5.41, 5.74) is 2.91. The fraction of sp³-hybridized carbons (Fsp3) is 0.613. The van der Waals surface area contributed by atoms with Gasteiger partial charge in [-0.2, -0.15) is 0 Å². The molecule has 7 nitrogen and oxygen atoms in total. The Balaban J connectivity index is 1.15. The highest BCUT2D eigenvalue weighted by Gasteiger charge is 2.42. The van der Waals surface area contributed by atoms with E-state index in [0.717, 1.165) is 39.1 Å². The van der Waals surface area contributed by atoms with Crippen molar-refractivity contribution in [3.8, 4) is 0 Å². The molecule has 0 spiro atoms. The van der Waals surface area contributed by atoms with Gasteiger partial charge in [0, 0.05) is 50.4 Å². The third-order valence-corrected chi connectivity index (χ3v) is 9.15. The average molecular weight is 519 g/mol. The summed E-state index contributed by atoms with van der Waals surface area (Å²) in [5, 5.41) is 3.36. The Labute approximate surface area is 226 Å². The SMILES string of the molecule is CC1=NCC(=O)C(C)=C1C(=O)N1CC2CN(CCC(NC(=O)CC3CCCCC3)c3ccccc3)C[C@H]2C1. The van der Waals surface area contributed by atoms with Crippen LogP contribution in [0.4, 0.5) is 0 Å². The molecule has 4 aliphatic rings. The molecule has 3 fully saturated rings. The number of likely N-dealkylation sites (tertiary alicyclic amines) is 2. The van der Waals surface area contributed by atoms with Crippen LogP contribution in [0.2, 0.25) is 0 Å². The van der Waals surface area contributed by atoms with E-state index in [9.17, 15) is 14.4 Å². The van der Waals surface area contributed by atoms with Crippen LogP contribution in [0.15, 0.2) is 46.5 Å². The van der Waals surface area contributed by atoms with Gasteiger partial charge in [-0.1, -0.05) is 49.6 Å². The van der Waals surface area contributed by atoms with Crippen molar-refractivity contribution in [1.29, 1.82) is 0 Å². The molecular formula is C31H42N4O3. The largest absolute Gasteiger partial charge is 0.349 e. The fourth-order valence-corrected chi connectivity index (χ4v) is 6.94. The summed E-state index contributed by atoms with van der Waals surface area (Å²) < 4.78 is 0. The summed E-state index contributed by atoms with van der Waals surface area (Å²) in [7, 11) is 0. The predicted molar refractivity (Wildman–Crippen MR) is 149 cm³/mol. The number of hydrogen-bond acceptors (Lipinski definition) is 5. The highest BCUT2D eigenvalue weighted by molar-refractivity contribution is 6.27. The van der Waals surface area contributed by atoms with E-state index >= 15 is 0 Å². The van der Waals surface area contributed by atoms with Crippen LogP contribution in [0.25, 0.3) is 0 Å². The topological polar surface area (TPSA) is 82.1 Å². The molecule has 2 saturated heterocycles. The fourth-order valence-electron chi connectivity index (χ4n) is 6.94. The van der Waals surface area contributed by atoms with Crippen LogP contribution in [0.5, 0.6) is 0 Å². The van der Waals surface area contributed by atoms with E-state index in [1.165, 1.54) is 37.7 Å². The first kappa shape index (κ1) is 26.8. The standard InChI is InChI=1S/C31H42N4O3/c1-21-28(36)16-32-22(2)30(21)31(38)35-19-25-17-34(18-26(25)20-35)14-13-27(24-11-7-4-8-12-24)33-29(37)15-23-9-5-3-6-10-23/h4,7-8,11-12,23,25-27H,3,5-6,9-10,13-20H2,1-2H3,(H,33,37)/t25-,26?,27?/m0/s1. The molecule has 1 saturated carbocycles. The van der Waals surface area contributed by atoms with Crippen LogP contribution < -0.4 is 5.32 Å². The quantitative estimate of drug-likeness (QED) is 0.565. The highest BCUT2D eigenvalue weighted by atomic mass is 16.2. The molecule has 0 aromatic heterocycles. The number of ketones is 1. The molecular weight excluding hydrogens is 476 g/mol. The van der Waals surface area contributed by atoms with E-state index in [4.69, 9.17) is 0 Å². The summed E-state index contributed by atoms with van der Waals surface area (Å²) in [5.74, 6) is 1.53. The van der Waals surface area contributed by atoms with Crippen LogP contribution in [0.3, 0.4) is 0 Å². The minimum absolute atomic E-state index is 0.0202. The highest BCUT2D eigenvalue weighted by Crippen LogP contribution is 2.33.